The average Bonchev–Trinajstić information content (AvgIpc) is 2.43. The van der Waals surface area contributed by atoms with Crippen molar-refractivity contribution in [2.45, 2.75) is 0 Å². The van der Waals surface area contributed by atoms with Crippen molar-refractivity contribution in [1.29, 1.82) is 0 Å². The maximum Gasteiger partial charge on any atom is 0.329 e. The summed E-state index contributed by atoms with van der Waals surface area (Å²) >= 11 is 0. The van der Waals surface area contributed by atoms with Gasteiger partial charge in [0.1, 0.15) is 0 Å². The summed E-state index contributed by atoms with van der Waals surface area (Å²) in [5, 5.41) is 7.25. The van der Waals surface area contributed by atoms with Crippen LogP contribution in [0.25, 0.3) is 11.2 Å². The lowest BCUT2D eigenvalue weighted by Gasteiger charge is -1.94. The second kappa shape index (κ2) is 2.28. The van der Waals surface area contributed by atoms with Crippen LogP contribution in [0.1, 0.15) is 0 Å². The summed E-state index contributed by atoms with van der Waals surface area (Å²) in [6, 6.07) is 0. The van der Waals surface area contributed by atoms with E-state index in [9.17, 15) is 9.59 Å². The van der Waals surface area contributed by atoms with Gasteiger partial charge in [-0.05, 0) is 0 Å². The largest absolute Gasteiger partial charge is 0.329 e. The Kier molecular flexibility index (Phi) is 1.35. The minimum Gasteiger partial charge on any atom is -0.288 e. The van der Waals surface area contributed by atoms with Crippen LogP contribution in [0.5, 0.6) is 0 Å². The first kappa shape index (κ1) is 7.71. The van der Waals surface area contributed by atoms with Gasteiger partial charge in [-0.3, -0.25) is 14.3 Å². The summed E-state index contributed by atoms with van der Waals surface area (Å²) in [6.07, 6.45) is 0. The number of aromatic amines is 1. The highest BCUT2D eigenvalue weighted by Gasteiger charge is 2.09. The first-order chi connectivity index (χ1) is 6.11. The van der Waals surface area contributed by atoms with Gasteiger partial charge in [-0.25, -0.2) is 9.48 Å². The van der Waals surface area contributed by atoms with E-state index in [0.29, 0.717) is 5.52 Å². The third-order valence-corrected chi connectivity index (χ3v) is 1.86. The van der Waals surface area contributed by atoms with Crippen LogP contribution >= 0.6 is 0 Å². The lowest BCUT2D eigenvalue weighted by Crippen LogP contribution is -2.33. The zero-order valence-electron chi connectivity index (χ0n) is 7.11. The Bertz CT molecular complexity index is 575. The molecule has 1 N–H and O–H groups in total. The molecule has 13 heavy (non-hydrogen) atoms. The summed E-state index contributed by atoms with van der Waals surface area (Å²) in [5.74, 6) is 0. The molecule has 0 saturated carbocycles. The molecule has 2 aromatic rings. The summed E-state index contributed by atoms with van der Waals surface area (Å²) in [7, 11) is 2.99. The molecule has 2 heterocycles. The van der Waals surface area contributed by atoms with Crippen LogP contribution in [-0.2, 0) is 14.1 Å². The molecule has 0 aliphatic heterocycles. The lowest BCUT2D eigenvalue weighted by atomic mass is 10.5. The fourth-order valence-corrected chi connectivity index (χ4v) is 1.12. The van der Waals surface area contributed by atoms with Crippen molar-refractivity contribution in [2.75, 3.05) is 0 Å². The van der Waals surface area contributed by atoms with E-state index in [0.717, 1.165) is 4.57 Å². The number of aromatic nitrogens is 5. The molecule has 0 radical (unpaired) electrons. The molecule has 0 unspecified atom stereocenters. The number of hydrogen-bond donors (Lipinski definition) is 1. The Morgan fingerprint density at radius 1 is 1.31 bits per heavy atom. The molecule has 0 aliphatic carbocycles. The highest BCUT2D eigenvalue weighted by atomic mass is 16.2. The number of rotatable bonds is 0. The molecule has 7 nitrogen and oxygen atoms in total. The third kappa shape index (κ3) is 0.897. The van der Waals surface area contributed by atoms with E-state index in [1.54, 1.807) is 7.05 Å². The van der Waals surface area contributed by atoms with Gasteiger partial charge in [0.2, 0.25) is 0 Å². The van der Waals surface area contributed by atoms with E-state index in [1.807, 2.05) is 0 Å². The monoisotopic (exact) mass is 181 g/mol. The smallest absolute Gasteiger partial charge is 0.288 e. The minimum atomic E-state index is -0.488. The van der Waals surface area contributed by atoms with Crippen LogP contribution in [0.3, 0.4) is 0 Å². The van der Waals surface area contributed by atoms with Gasteiger partial charge in [0.05, 0.1) is 0 Å². The molecule has 0 aliphatic rings. The van der Waals surface area contributed by atoms with Crippen molar-refractivity contribution >= 4 is 11.2 Å². The number of fused-ring (bicyclic) bond motifs is 1. The number of nitrogens with one attached hydrogen (secondary N) is 1. The SMILES string of the molecule is Cn1c(=O)[nH]c2nnn(C)c2c1=O. The fourth-order valence-electron chi connectivity index (χ4n) is 1.12. The van der Waals surface area contributed by atoms with Crippen molar-refractivity contribution in [3.8, 4) is 0 Å². The lowest BCUT2D eigenvalue weighted by molar-refractivity contribution is 0.726. The Labute approximate surface area is 71.6 Å². The van der Waals surface area contributed by atoms with E-state index in [1.165, 1.54) is 11.7 Å². The van der Waals surface area contributed by atoms with Crippen LogP contribution < -0.4 is 11.2 Å². The van der Waals surface area contributed by atoms with E-state index in [-0.39, 0.29) is 5.65 Å². The second-order valence-corrected chi connectivity index (χ2v) is 2.70. The molecule has 0 bridgehead atoms. The zero-order chi connectivity index (χ0) is 9.59. The summed E-state index contributed by atoms with van der Waals surface area (Å²) in [6.45, 7) is 0. The van der Waals surface area contributed by atoms with Crippen LogP contribution in [0.15, 0.2) is 9.59 Å². The standard InChI is InChI=1S/C6H7N5O2/c1-10-5(12)3-4(7-6(10)13)8-9-11(3)2/h1-2H3,(H,7,13). The average molecular weight is 181 g/mol. The van der Waals surface area contributed by atoms with E-state index < -0.39 is 11.2 Å². The van der Waals surface area contributed by atoms with Crippen LogP contribution in [0.2, 0.25) is 0 Å². The molecule has 0 aromatic carbocycles. The van der Waals surface area contributed by atoms with E-state index in [4.69, 9.17) is 0 Å². The second-order valence-electron chi connectivity index (χ2n) is 2.70. The van der Waals surface area contributed by atoms with E-state index in [2.05, 4.69) is 15.3 Å². The maximum atomic E-state index is 11.5. The predicted molar refractivity (Wildman–Crippen MR) is 44.4 cm³/mol. The van der Waals surface area contributed by atoms with Crippen molar-refractivity contribution in [3.63, 3.8) is 0 Å². The first-order valence-electron chi connectivity index (χ1n) is 3.60. The van der Waals surface area contributed by atoms with Crippen molar-refractivity contribution in [3.05, 3.63) is 20.8 Å². The van der Waals surface area contributed by atoms with Gasteiger partial charge in [0.25, 0.3) is 5.56 Å². The molecule has 2 aromatic heterocycles. The van der Waals surface area contributed by atoms with Crippen LogP contribution in [0, 0.1) is 0 Å². The topological polar surface area (TPSA) is 85.6 Å². The van der Waals surface area contributed by atoms with Crippen molar-refractivity contribution < 1.29 is 0 Å². The first-order valence-corrected chi connectivity index (χ1v) is 3.60. The normalized spacial score (nSPS) is 10.9. The van der Waals surface area contributed by atoms with Crippen molar-refractivity contribution in [1.82, 2.24) is 24.5 Å². The molecule has 0 saturated heterocycles. The molecule has 0 amide bonds. The third-order valence-electron chi connectivity index (χ3n) is 1.86. The Morgan fingerprint density at radius 3 is 2.69 bits per heavy atom. The molecular weight excluding hydrogens is 174 g/mol. The van der Waals surface area contributed by atoms with E-state index >= 15 is 0 Å². The van der Waals surface area contributed by atoms with Crippen molar-refractivity contribution in [2.24, 2.45) is 14.1 Å². The fraction of sp³-hybridized carbons (Fsp3) is 0.333. The summed E-state index contributed by atoms with van der Waals surface area (Å²) in [5.41, 5.74) is -0.373. The summed E-state index contributed by atoms with van der Waals surface area (Å²) in [4.78, 5) is 25.0. The molecule has 7 heteroatoms. The molecule has 68 valence electrons. The molecule has 0 fully saturated rings. The number of aryl methyl sites for hydroxylation is 1. The predicted octanol–water partition coefficient (Wildman–Crippen LogP) is -1.64. The Hall–Kier alpha value is -1.92. The van der Waals surface area contributed by atoms with Gasteiger partial charge in [0.15, 0.2) is 11.2 Å². The van der Waals surface area contributed by atoms with Gasteiger partial charge in [-0.2, -0.15) is 0 Å². The maximum absolute atomic E-state index is 11.5. The molecule has 0 atom stereocenters. The highest BCUT2D eigenvalue weighted by molar-refractivity contribution is 5.67. The highest BCUT2D eigenvalue weighted by Crippen LogP contribution is 1.95. The van der Waals surface area contributed by atoms with Crippen LogP contribution in [-0.4, -0.2) is 24.5 Å². The quantitative estimate of drug-likeness (QED) is 0.528. The number of hydrogen-bond acceptors (Lipinski definition) is 4. The molecule has 0 spiro atoms. The summed E-state index contributed by atoms with van der Waals surface area (Å²) < 4.78 is 2.30. The van der Waals surface area contributed by atoms with Gasteiger partial charge in [-0.15, -0.1) is 5.10 Å². The van der Waals surface area contributed by atoms with Gasteiger partial charge >= 0.3 is 5.69 Å². The molecule has 2 rings (SSSR count). The zero-order valence-corrected chi connectivity index (χ0v) is 7.11. The Morgan fingerprint density at radius 2 is 2.00 bits per heavy atom. The van der Waals surface area contributed by atoms with Gasteiger partial charge in [0, 0.05) is 14.1 Å². The number of H-pyrrole nitrogens is 1. The van der Waals surface area contributed by atoms with Gasteiger partial charge in [-0.1, -0.05) is 5.21 Å². The Balaban J connectivity index is 3.16. The minimum absolute atomic E-state index is 0.218. The molecular formula is C6H7N5O2. The van der Waals surface area contributed by atoms with Crippen LogP contribution in [0.4, 0.5) is 0 Å². The van der Waals surface area contributed by atoms with Gasteiger partial charge < -0.3 is 0 Å². The number of nitrogens with zero attached hydrogens (tertiary/aromatic N) is 4.